The molecule has 0 saturated heterocycles. The first-order valence-electron chi connectivity index (χ1n) is 2.76. The van der Waals surface area contributed by atoms with E-state index in [1.807, 2.05) is 0 Å². The first-order valence-corrected chi connectivity index (χ1v) is 3.21. The van der Waals surface area contributed by atoms with Gasteiger partial charge in [0.2, 0.25) is 0 Å². The van der Waals surface area contributed by atoms with Crippen LogP contribution in [-0.2, 0) is 0 Å². The molecule has 0 aliphatic carbocycles. The number of thiol groups is 1. The molecule has 0 fully saturated rings. The highest BCUT2D eigenvalue weighted by Gasteiger charge is 2.05. The van der Waals surface area contributed by atoms with Crippen LogP contribution in [0.3, 0.4) is 0 Å². The summed E-state index contributed by atoms with van der Waals surface area (Å²) in [6, 6.07) is 2.49. The van der Waals surface area contributed by atoms with E-state index in [4.69, 9.17) is 0 Å². The quantitative estimate of drug-likeness (QED) is 0.554. The minimum absolute atomic E-state index is 0.253. The van der Waals surface area contributed by atoms with Gasteiger partial charge in [0.15, 0.2) is 11.6 Å². The molecule has 0 N–H and O–H groups in total. The smallest absolute Gasteiger partial charge is 0.162 e. The van der Waals surface area contributed by atoms with E-state index in [1.54, 1.807) is 0 Å². The van der Waals surface area contributed by atoms with Gasteiger partial charge in [-0.3, -0.25) is 0 Å². The van der Waals surface area contributed by atoms with Crippen molar-refractivity contribution in [2.45, 2.75) is 11.8 Å². The molecule has 0 heterocycles. The van der Waals surface area contributed by atoms with Gasteiger partial charge in [0, 0.05) is 10.5 Å². The number of rotatable bonds is 0. The lowest BCUT2D eigenvalue weighted by Gasteiger charge is -1.99. The van der Waals surface area contributed by atoms with Gasteiger partial charge in [0.25, 0.3) is 0 Å². The molecule has 0 spiro atoms. The normalized spacial score (nSPS) is 10.0. The standard InChI is InChI=1S/C7H6F2S/c1-4-6(10)3-2-5(8)7(4)9/h2-3,10H,1H3. The summed E-state index contributed by atoms with van der Waals surface area (Å²) >= 11 is 3.91. The Labute approximate surface area is 63.3 Å². The van der Waals surface area contributed by atoms with E-state index in [-0.39, 0.29) is 5.56 Å². The fourth-order valence-electron chi connectivity index (χ4n) is 0.642. The summed E-state index contributed by atoms with van der Waals surface area (Å²) in [5.74, 6) is -1.64. The molecule has 0 atom stereocenters. The molecule has 0 aliphatic rings. The van der Waals surface area contributed by atoms with Crippen LogP contribution in [0.1, 0.15) is 5.56 Å². The molecule has 0 radical (unpaired) electrons. The Morgan fingerprint density at radius 1 is 1.30 bits per heavy atom. The molecule has 1 aromatic carbocycles. The predicted octanol–water partition coefficient (Wildman–Crippen LogP) is 2.56. The van der Waals surface area contributed by atoms with Crippen molar-refractivity contribution in [1.29, 1.82) is 0 Å². The molecule has 1 rings (SSSR count). The minimum Gasteiger partial charge on any atom is -0.204 e. The second kappa shape index (κ2) is 2.58. The summed E-state index contributed by atoms with van der Waals surface area (Å²) in [5, 5.41) is 0. The van der Waals surface area contributed by atoms with E-state index in [0.717, 1.165) is 6.07 Å². The van der Waals surface area contributed by atoms with Crippen molar-refractivity contribution in [1.82, 2.24) is 0 Å². The lowest BCUT2D eigenvalue weighted by Crippen LogP contribution is -1.88. The molecule has 0 nitrogen and oxygen atoms in total. The Balaban J connectivity index is 3.34. The van der Waals surface area contributed by atoms with E-state index < -0.39 is 11.6 Å². The van der Waals surface area contributed by atoms with Gasteiger partial charge in [-0.2, -0.15) is 0 Å². The topological polar surface area (TPSA) is 0 Å². The van der Waals surface area contributed by atoms with Gasteiger partial charge < -0.3 is 0 Å². The highest BCUT2D eigenvalue weighted by molar-refractivity contribution is 7.80. The largest absolute Gasteiger partial charge is 0.204 e. The van der Waals surface area contributed by atoms with Gasteiger partial charge in [0.1, 0.15) is 0 Å². The third-order valence-electron chi connectivity index (χ3n) is 1.31. The van der Waals surface area contributed by atoms with Crippen molar-refractivity contribution < 1.29 is 8.78 Å². The van der Waals surface area contributed by atoms with Crippen molar-refractivity contribution in [3.05, 3.63) is 29.3 Å². The third-order valence-corrected chi connectivity index (χ3v) is 1.80. The zero-order chi connectivity index (χ0) is 7.72. The van der Waals surface area contributed by atoms with Crippen LogP contribution in [0.5, 0.6) is 0 Å². The summed E-state index contributed by atoms with van der Waals surface area (Å²) < 4.78 is 24.9. The average molecular weight is 160 g/mol. The zero-order valence-corrected chi connectivity index (χ0v) is 6.25. The maximum Gasteiger partial charge on any atom is 0.162 e. The van der Waals surface area contributed by atoms with Crippen molar-refractivity contribution in [3.63, 3.8) is 0 Å². The van der Waals surface area contributed by atoms with Gasteiger partial charge >= 0.3 is 0 Å². The van der Waals surface area contributed by atoms with Crippen LogP contribution >= 0.6 is 12.6 Å². The monoisotopic (exact) mass is 160 g/mol. The molecule has 0 aliphatic heterocycles. The Kier molecular flexibility index (Phi) is 1.94. The van der Waals surface area contributed by atoms with Crippen molar-refractivity contribution in [2.24, 2.45) is 0 Å². The van der Waals surface area contributed by atoms with Crippen LogP contribution in [0.4, 0.5) is 8.78 Å². The van der Waals surface area contributed by atoms with Crippen LogP contribution in [0.25, 0.3) is 0 Å². The molecular weight excluding hydrogens is 154 g/mol. The lowest BCUT2D eigenvalue weighted by atomic mass is 10.2. The number of halogens is 2. The molecule has 3 heteroatoms. The van der Waals surface area contributed by atoms with Crippen LogP contribution in [-0.4, -0.2) is 0 Å². The molecular formula is C7H6F2S. The van der Waals surface area contributed by atoms with Crippen LogP contribution in [0.2, 0.25) is 0 Å². The summed E-state index contributed by atoms with van der Waals surface area (Å²) in [4.78, 5) is 0.471. The molecule has 0 bridgehead atoms. The summed E-state index contributed by atoms with van der Waals surface area (Å²) in [7, 11) is 0. The fourth-order valence-corrected chi connectivity index (χ4v) is 0.815. The maximum absolute atomic E-state index is 12.6. The van der Waals surface area contributed by atoms with Crippen molar-refractivity contribution in [3.8, 4) is 0 Å². The molecule has 54 valence electrons. The predicted molar refractivity (Wildman–Crippen MR) is 38.3 cm³/mol. The summed E-state index contributed by atoms with van der Waals surface area (Å²) in [6.07, 6.45) is 0. The lowest BCUT2D eigenvalue weighted by molar-refractivity contribution is 0.499. The second-order valence-electron chi connectivity index (χ2n) is 2.01. The molecule has 0 saturated carbocycles. The molecule has 1 aromatic rings. The van der Waals surface area contributed by atoms with Gasteiger partial charge in [-0.25, -0.2) is 8.78 Å². The van der Waals surface area contributed by atoms with E-state index >= 15 is 0 Å². The highest BCUT2D eigenvalue weighted by atomic mass is 32.1. The van der Waals surface area contributed by atoms with E-state index in [1.165, 1.54) is 13.0 Å². The zero-order valence-electron chi connectivity index (χ0n) is 5.36. The van der Waals surface area contributed by atoms with Crippen LogP contribution in [0, 0.1) is 18.6 Å². The first kappa shape index (κ1) is 7.54. The third kappa shape index (κ3) is 1.14. The number of benzene rings is 1. The Morgan fingerprint density at radius 2 is 1.90 bits per heavy atom. The molecule has 0 aromatic heterocycles. The fraction of sp³-hybridized carbons (Fsp3) is 0.143. The summed E-state index contributed by atoms with van der Waals surface area (Å²) in [5.41, 5.74) is 0.253. The summed E-state index contributed by atoms with van der Waals surface area (Å²) in [6.45, 7) is 1.49. The van der Waals surface area contributed by atoms with Gasteiger partial charge in [-0.15, -0.1) is 12.6 Å². The first-order chi connectivity index (χ1) is 4.63. The molecule has 0 amide bonds. The Bertz CT molecular complexity index is 231. The van der Waals surface area contributed by atoms with Gasteiger partial charge in [-0.1, -0.05) is 0 Å². The van der Waals surface area contributed by atoms with E-state index in [9.17, 15) is 8.78 Å². The Morgan fingerprint density at radius 3 is 2.40 bits per heavy atom. The van der Waals surface area contributed by atoms with E-state index in [2.05, 4.69) is 12.6 Å². The molecule has 10 heavy (non-hydrogen) atoms. The number of hydrogen-bond donors (Lipinski definition) is 1. The SMILES string of the molecule is Cc1c(S)ccc(F)c1F. The van der Waals surface area contributed by atoms with Gasteiger partial charge in [0.05, 0.1) is 0 Å². The van der Waals surface area contributed by atoms with Crippen molar-refractivity contribution in [2.75, 3.05) is 0 Å². The van der Waals surface area contributed by atoms with Crippen molar-refractivity contribution >= 4 is 12.6 Å². The average Bonchev–Trinajstić information content (AvgIpc) is 1.93. The second-order valence-corrected chi connectivity index (χ2v) is 2.49. The molecule has 0 unspecified atom stereocenters. The highest BCUT2D eigenvalue weighted by Crippen LogP contribution is 2.17. The van der Waals surface area contributed by atoms with Gasteiger partial charge in [-0.05, 0) is 19.1 Å². The minimum atomic E-state index is -0.824. The van der Waals surface area contributed by atoms with Crippen LogP contribution in [0.15, 0.2) is 17.0 Å². The Hall–Kier alpha value is -0.570. The van der Waals surface area contributed by atoms with E-state index in [0.29, 0.717) is 4.90 Å². The van der Waals surface area contributed by atoms with Crippen LogP contribution < -0.4 is 0 Å². The maximum atomic E-state index is 12.6. The number of hydrogen-bond acceptors (Lipinski definition) is 1.